The normalized spacial score (nSPS) is 21.2. The maximum atomic E-state index is 11.9. The van der Waals surface area contributed by atoms with E-state index >= 15 is 0 Å². The van der Waals surface area contributed by atoms with Gasteiger partial charge in [0.2, 0.25) is 11.6 Å². The van der Waals surface area contributed by atoms with Crippen LogP contribution in [0.25, 0.3) is 10.8 Å². The summed E-state index contributed by atoms with van der Waals surface area (Å²) in [5.41, 5.74) is 4.21. The zero-order chi connectivity index (χ0) is 21.9. The lowest BCUT2D eigenvalue weighted by Crippen LogP contribution is -2.59. The summed E-state index contributed by atoms with van der Waals surface area (Å²) in [5, 5.41) is 9.87. The van der Waals surface area contributed by atoms with Crippen molar-refractivity contribution in [3.05, 3.63) is 77.4 Å². The second-order valence-electron chi connectivity index (χ2n) is 9.27. The van der Waals surface area contributed by atoms with Gasteiger partial charge in [0.25, 0.3) is 0 Å². The summed E-state index contributed by atoms with van der Waals surface area (Å²) >= 11 is 0. The number of aryl methyl sites for hydroxylation is 1. The Labute approximate surface area is 188 Å². The highest BCUT2D eigenvalue weighted by Crippen LogP contribution is 2.50. The number of rotatable bonds is 1. The van der Waals surface area contributed by atoms with Crippen LogP contribution in [0.3, 0.4) is 0 Å². The second-order valence-corrected chi connectivity index (χ2v) is 9.27. The van der Waals surface area contributed by atoms with Crippen LogP contribution in [0, 0.1) is 6.92 Å². The molecule has 3 aliphatic rings. The monoisotopic (exact) mass is 425 g/mol. The highest BCUT2D eigenvalue weighted by Gasteiger charge is 2.52. The minimum absolute atomic E-state index is 0.130. The summed E-state index contributed by atoms with van der Waals surface area (Å²) < 4.78 is 6.69. The maximum Gasteiger partial charge on any atom is 0.219 e. The van der Waals surface area contributed by atoms with Crippen molar-refractivity contribution in [3.63, 3.8) is 0 Å². The first-order valence-corrected chi connectivity index (χ1v) is 11.4. The molecule has 3 aromatic carbocycles. The lowest BCUT2D eigenvalue weighted by molar-refractivity contribution is -0.158. The van der Waals surface area contributed by atoms with Crippen LogP contribution in [0.2, 0.25) is 0 Å². The number of hydrogen-bond donors (Lipinski definition) is 0. The van der Waals surface area contributed by atoms with Gasteiger partial charge >= 0.3 is 0 Å². The molecule has 1 unspecified atom stereocenters. The van der Waals surface area contributed by atoms with E-state index in [1.165, 1.54) is 27.5 Å². The van der Waals surface area contributed by atoms with E-state index in [1.807, 2.05) is 4.90 Å². The van der Waals surface area contributed by atoms with Crippen LogP contribution in [0.4, 0.5) is 0 Å². The van der Waals surface area contributed by atoms with Crippen LogP contribution in [-0.2, 0) is 4.79 Å². The third kappa shape index (κ3) is 2.99. The predicted molar refractivity (Wildman–Crippen MR) is 126 cm³/mol. The fraction of sp³-hybridized carbons (Fsp3) is 0.333. The number of likely N-dealkylation sites (tertiary alicyclic amines) is 1. The van der Waals surface area contributed by atoms with Crippen molar-refractivity contribution in [1.82, 2.24) is 9.91 Å². The van der Waals surface area contributed by atoms with E-state index in [2.05, 4.69) is 72.6 Å². The van der Waals surface area contributed by atoms with E-state index in [9.17, 15) is 4.79 Å². The van der Waals surface area contributed by atoms with Gasteiger partial charge in [0.1, 0.15) is 5.75 Å². The first kappa shape index (κ1) is 19.4. The fourth-order valence-corrected chi connectivity index (χ4v) is 5.45. The fourth-order valence-electron chi connectivity index (χ4n) is 5.45. The Bertz CT molecular complexity index is 1260. The van der Waals surface area contributed by atoms with Crippen molar-refractivity contribution in [2.45, 2.75) is 44.9 Å². The zero-order valence-corrected chi connectivity index (χ0v) is 18.5. The molecule has 3 aliphatic heterocycles. The van der Waals surface area contributed by atoms with E-state index in [4.69, 9.17) is 9.84 Å². The molecule has 0 aliphatic carbocycles. The van der Waals surface area contributed by atoms with Crippen molar-refractivity contribution >= 4 is 22.4 Å². The number of carbonyl (C=O) groups excluding carboxylic acids is 1. The van der Waals surface area contributed by atoms with Crippen LogP contribution in [0.1, 0.15) is 48.9 Å². The van der Waals surface area contributed by atoms with Gasteiger partial charge in [-0.1, -0.05) is 54.1 Å². The molecule has 0 bridgehead atoms. The lowest BCUT2D eigenvalue weighted by atomic mass is 9.90. The van der Waals surface area contributed by atoms with E-state index in [0.29, 0.717) is 13.1 Å². The SMILES string of the molecule is CC(=O)N1CCC2(CC1)Oc1ccc(C)cc1C1CC(c3ccc4ccccc4c3)=NN12. The molecule has 32 heavy (non-hydrogen) atoms. The summed E-state index contributed by atoms with van der Waals surface area (Å²) in [6, 6.07) is 21.7. The van der Waals surface area contributed by atoms with Crippen LogP contribution in [0.5, 0.6) is 5.75 Å². The molecule has 1 fully saturated rings. The maximum absolute atomic E-state index is 11.9. The average Bonchev–Trinajstić information content (AvgIpc) is 3.27. The number of hydrazone groups is 1. The second kappa shape index (κ2) is 7.09. The van der Waals surface area contributed by atoms with Gasteiger partial charge in [-0.15, -0.1) is 0 Å². The molecule has 0 saturated carbocycles. The van der Waals surface area contributed by atoms with Gasteiger partial charge in [0.05, 0.1) is 11.8 Å². The third-order valence-corrected chi connectivity index (χ3v) is 7.22. The Morgan fingerprint density at radius 1 is 1.03 bits per heavy atom. The van der Waals surface area contributed by atoms with Gasteiger partial charge in [-0.05, 0) is 35.4 Å². The molecule has 1 atom stereocenters. The average molecular weight is 426 g/mol. The molecule has 6 rings (SSSR count). The third-order valence-electron chi connectivity index (χ3n) is 7.22. The van der Waals surface area contributed by atoms with Gasteiger partial charge < -0.3 is 9.64 Å². The number of ether oxygens (including phenoxy) is 1. The molecule has 162 valence electrons. The lowest BCUT2D eigenvalue weighted by Gasteiger charge is -2.51. The zero-order valence-electron chi connectivity index (χ0n) is 18.5. The molecule has 3 aromatic rings. The van der Waals surface area contributed by atoms with Gasteiger partial charge in [0.15, 0.2) is 0 Å². The van der Waals surface area contributed by atoms with E-state index in [-0.39, 0.29) is 11.9 Å². The van der Waals surface area contributed by atoms with Crippen LogP contribution < -0.4 is 4.74 Å². The van der Waals surface area contributed by atoms with Gasteiger partial charge in [-0.2, -0.15) is 5.10 Å². The van der Waals surface area contributed by atoms with Gasteiger partial charge in [0, 0.05) is 44.8 Å². The van der Waals surface area contributed by atoms with Crippen LogP contribution in [-0.4, -0.2) is 40.3 Å². The van der Waals surface area contributed by atoms with E-state index in [0.717, 1.165) is 30.7 Å². The minimum atomic E-state index is -0.503. The Balaban J connectivity index is 1.42. The summed E-state index contributed by atoms with van der Waals surface area (Å²) in [5.74, 6) is 1.09. The number of carbonyl (C=O) groups is 1. The number of amides is 1. The smallest absolute Gasteiger partial charge is 0.219 e. The molecule has 5 heteroatoms. The summed E-state index contributed by atoms with van der Waals surface area (Å²) in [6.07, 6.45) is 2.37. The quantitative estimate of drug-likeness (QED) is 0.549. The van der Waals surface area contributed by atoms with Crippen molar-refractivity contribution in [2.24, 2.45) is 5.10 Å². The number of fused-ring (bicyclic) bond motifs is 5. The van der Waals surface area contributed by atoms with Crippen molar-refractivity contribution in [2.75, 3.05) is 13.1 Å². The predicted octanol–water partition coefficient (Wildman–Crippen LogP) is 5.03. The van der Waals surface area contributed by atoms with E-state index in [1.54, 1.807) is 6.92 Å². The first-order valence-electron chi connectivity index (χ1n) is 11.4. The number of piperidine rings is 1. The highest BCUT2D eigenvalue weighted by atomic mass is 16.5. The molecule has 1 saturated heterocycles. The number of benzene rings is 3. The van der Waals surface area contributed by atoms with Crippen molar-refractivity contribution in [1.29, 1.82) is 0 Å². The highest BCUT2D eigenvalue weighted by molar-refractivity contribution is 6.04. The molecule has 1 spiro atoms. The Morgan fingerprint density at radius 2 is 1.81 bits per heavy atom. The molecule has 3 heterocycles. The minimum Gasteiger partial charge on any atom is -0.466 e. The molecular weight excluding hydrogens is 398 g/mol. The molecule has 1 amide bonds. The van der Waals surface area contributed by atoms with Crippen molar-refractivity contribution < 1.29 is 9.53 Å². The Morgan fingerprint density at radius 3 is 2.59 bits per heavy atom. The number of hydrogen-bond acceptors (Lipinski definition) is 4. The van der Waals surface area contributed by atoms with Crippen LogP contribution >= 0.6 is 0 Å². The van der Waals surface area contributed by atoms with Gasteiger partial charge in [-0.25, -0.2) is 5.01 Å². The Kier molecular flexibility index (Phi) is 4.29. The van der Waals surface area contributed by atoms with Crippen molar-refractivity contribution in [3.8, 4) is 5.75 Å². The standard InChI is InChI=1S/C27H27N3O2/c1-18-7-10-26-23(15-18)25-17-24(22-9-8-20-5-3-4-6-21(20)16-22)28-30(25)27(32-26)11-13-29(14-12-27)19(2)31/h3-10,15-16,25H,11-14,17H2,1-2H3. The molecule has 0 radical (unpaired) electrons. The summed E-state index contributed by atoms with van der Waals surface area (Å²) in [7, 11) is 0. The molecule has 0 N–H and O–H groups in total. The van der Waals surface area contributed by atoms with Gasteiger partial charge in [-0.3, -0.25) is 4.79 Å². The molecule has 5 nitrogen and oxygen atoms in total. The molecular formula is C27H27N3O2. The van der Waals surface area contributed by atoms with Crippen LogP contribution in [0.15, 0.2) is 65.8 Å². The summed E-state index contributed by atoms with van der Waals surface area (Å²) in [6.45, 7) is 5.16. The Hall–Kier alpha value is -3.34. The van der Waals surface area contributed by atoms with E-state index < -0.39 is 5.72 Å². The topological polar surface area (TPSA) is 45.1 Å². The first-order chi connectivity index (χ1) is 15.5. The summed E-state index contributed by atoms with van der Waals surface area (Å²) in [4.78, 5) is 13.8. The largest absolute Gasteiger partial charge is 0.466 e. The molecule has 0 aromatic heterocycles. The number of nitrogens with zero attached hydrogens (tertiary/aromatic N) is 3.